The molecule has 0 radical (unpaired) electrons. The molecule has 0 spiro atoms. The highest BCUT2D eigenvalue weighted by atomic mass is 35.5. The quantitative estimate of drug-likeness (QED) is 0.775. The van der Waals surface area contributed by atoms with E-state index in [0.29, 0.717) is 16.4 Å². The molecule has 1 fully saturated rings. The Balaban J connectivity index is 1.73. The van der Waals surface area contributed by atoms with E-state index in [1.165, 1.54) is 25.3 Å². The summed E-state index contributed by atoms with van der Waals surface area (Å²) in [7, 11) is 0. The third kappa shape index (κ3) is 4.34. The molecule has 25 heavy (non-hydrogen) atoms. The van der Waals surface area contributed by atoms with Crippen LogP contribution >= 0.6 is 11.6 Å². The van der Waals surface area contributed by atoms with Crippen molar-refractivity contribution in [2.24, 2.45) is 0 Å². The third-order valence-corrected chi connectivity index (χ3v) is 4.86. The molecule has 0 unspecified atom stereocenters. The second kappa shape index (κ2) is 7.91. The molecule has 3 rings (SSSR count). The van der Waals surface area contributed by atoms with Crippen molar-refractivity contribution in [2.75, 3.05) is 19.7 Å². The monoisotopic (exact) mass is 363 g/mol. The number of amides is 1. The molecule has 0 N–H and O–H groups in total. The Hall–Kier alpha value is -2.01. The van der Waals surface area contributed by atoms with E-state index in [0.717, 1.165) is 36.9 Å². The number of aryl methyl sites for hydroxylation is 1. The van der Waals surface area contributed by atoms with Crippen LogP contribution in [-0.2, 0) is 4.79 Å². The SMILES string of the molecule is Cc1cc(=O)oc2cc(OCC(=O)N3CCCCCCC3)c(Cl)cc12. The van der Waals surface area contributed by atoms with Crippen LogP contribution < -0.4 is 10.4 Å². The maximum absolute atomic E-state index is 12.4. The summed E-state index contributed by atoms with van der Waals surface area (Å²) in [5, 5.41) is 1.15. The summed E-state index contributed by atoms with van der Waals surface area (Å²) in [6, 6.07) is 4.70. The van der Waals surface area contributed by atoms with Crippen molar-refractivity contribution in [2.45, 2.75) is 39.0 Å². The lowest BCUT2D eigenvalue weighted by molar-refractivity contribution is -0.133. The van der Waals surface area contributed by atoms with Crippen LogP contribution in [0.3, 0.4) is 0 Å². The Kier molecular flexibility index (Phi) is 5.63. The van der Waals surface area contributed by atoms with Gasteiger partial charge in [0.15, 0.2) is 6.61 Å². The van der Waals surface area contributed by atoms with Crippen molar-refractivity contribution in [1.82, 2.24) is 4.90 Å². The molecule has 2 aromatic rings. The van der Waals surface area contributed by atoms with Gasteiger partial charge in [-0.15, -0.1) is 0 Å². The Bertz CT molecular complexity index is 822. The third-order valence-electron chi connectivity index (χ3n) is 4.56. The number of fused-ring (bicyclic) bond motifs is 1. The molecule has 0 atom stereocenters. The molecule has 0 bridgehead atoms. The zero-order chi connectivity index (χ0) is 17.8. The topological polar surface area (TPSA) is 59.8 Å². The predicted molar refractivity (Wildman–Crippen MR) is 97.4 cm³/mol. The summed E-state index contributed by atoms with van der Waals surface area (Å²) in [6.07, 6.45) is 5.65. The van der Waals surface area contributed by atoms with Crippen LogP contribution in [0.4, 0.5) is 0 Å². The van der Waals surface area contributed by atoms with E-state index in [-0.39, 0.29) is 12.5 Å². The molecule has 1 amide bonds. The highest BCUT2D eigenvalue weighted by Crippen LogP contribution is 2.31. The van der Waals surface area contributed by atoms with Gasteiger partial charge in [-0.05, 0) is 31.4 Å². The van der Waals surface area contributed by atoms with E-state index in [1.54, 1.807) is 12.1 Å². The number of ether oxygens (including phenoxy) is 1. The summed E-state index contributed by atoms with van der Waals surface area (Å²) in [4.78, 5) is 25.8. The number of halogens is 1. The van der Waals surface area contributed by atoms with E-state index in [4.69, 9.17) is 20.8 Å². The molecule has 1 aromatic carbocycles. The fourth-order valence-electron chi connectivity index (χ4n) is 3.16. The van der Waals surface area contributed by atoms with Gasteiger partial charge in [-0.1, -0.05) is 30.9 Å². The summed E-state index contributed by atoms with van der Waals surface area (Å²) < 4.78 is 10.8. The first-order valence-electron chi connectivity index (χ1n) is 8.69. The molecular formula is C19H22ClNO4. The summed E-state index contributed by atoms with van der Waals surface area (Å²) >= 11 is 6.26. The fourth-order valence-corrected chi connectivity index (χ4v) is 3.38. The Morgan fingerprint density at radius 3 is 2.56 bits per heavy atom. The Morgan fingerprint density at radius 1 is 1.16 bits per heavy atom. The molecule has 1 saturated heterocycles. The number of carbonyl (C=O) groups is 1. The molecule has 6 heteroatoms. The largest absolute Gasteiger partial charge is 0.482 e. The van der Waals surface area contributed by atoms with E-state index >= 15 is 0 Å². The van der Waals surface area contributed by atoms with Gasteiger partial charge in [0.1, 0.15) is 11.3 Å². The van der Waals surface area contributed by atoms with Gasteiger partial charge in [0.05, 0.1) is 5.02 Å². The molecule has 0 saturated carbocycles. The lowest BCUT2D eigenvalue weighted by atomic mass is 10.1. The maximum Gasteiger partial charge on any atom is 0.336 e. The molecule has 134 valence electrons. The minimum absolute atomic E-state index is 0.0382. The second-order valence-corrected chi connectivity index (χ2v) is 6.87. The Morgan fingerprint density at radius 2 is 1.84 bits per heavy atom. The molecular weight excluding hydrogens is 342 g/mol. The van der Waals surface area contributed by atoms with Crippen LogP contribution in [0.2, 0.25) is 5.02 Å². The Labute approximate surface area is 151 Å². The highest BCUT2D eigenvalue weighted by molar-refractivity contribution is 6.32. The first-order valence-corrected chi connectivity index (χ1v) is 9.07. The molecule has 2 heterocycles. The summed E-state index contributed by atoms with van der Waals surface area (Å²) in [6.45, 7) is 3.31. The number of hydrogen-bond acceptors (Lipinski definition) is 4. The van der Waals surface area contributed by atoms with Crippen molar-refractivity contribution in [3.05, 3.63) is 39.2 Å². The maximum atomic E-state index is 12.4. The minimum Gasteiger partial charge on any atom is -0.482 e. The van der Waals surface area contributed by atoms with Gasteiger partial charge >= 0.3 is 5.63 Å². The molecule has 1 aromatic heterocycles. The smallest absolute Gasteiger partial charge is 0.336 e. The summed E-state index contributed by atoms with van der Waals surface area (Å²) in [5.74, 6) is 0.312. The van der Waals surface area contributed by atoms with Crippen LogP contribution in [0.15, 0.2) is 27.4 Å². The molecule has 1 aliphatic heterocycles. The zero-order valence-electron chi connectivity index (χ0n) is 14.3. The van der Waals surface area contributed by atoms with Gasteiger partial charge in [0.2, 0.25) is 0 Å². The van der Waals surface area contributed by atoms with Crippen LogP contribution in [0, 0.1) is 6.92 Å². The number of benzene rings is 1. The molecule has 0 aliphatic carbocycles. The van der Waals surface area contributed by atoms with E-state index < -0.39 is 5.63 Å². The second-order valence-electron chi connectivity index (χ2n) is 6.46. The van der Waals surface area contributed by atoms with Gasteiger partial charge in [0, 0.05) is 30.6 Å². The van der Waals surface area contributed by atoms with Crippen LogP contribution in [0.25, 0.3) is 11.0 Å². The van der Waals surface area contributed by atoms with Gasteiger partial charge in [-0.3, -0.25) is 4.79 Å². The number of carbonyl (C=O) groups excluding carboxylic acids is 1. The first kappa shape index (κ1) is 17.8. The van der Waals surface area contributed by atoms with Crippen molar-refractivity contribution in [3.8, 4) is 5.75 Å². The van der Waals surface area contributed by atoms with E-state index in [9.17, 15) is 9.59 Å². The summed E-state index contributed by atoms with van der Waals surface area (Å²) in [5.41, 5.74) is 0.773. The minimum atomic E-state index is -0.421. The lowest BCUT2D eigenvalue weighted by Gasteiger charge is -2.24. The first-order chi connectivity index (χ1) is 12.0. The van der Waals surface area contributed by atoms with Gasteiger partial charge < -0.3 is 14.1 Å². The normalized spacial score (nSPS) is 15.7. The van der Waals surface area contributed by atoms with E-state index in [1.807, 2.05) is 11.8 Å². The van der Waals surface area contributed by atoms with Gasteiger partial charge in [-0.2, -0.15) is 0 Å². The van der Waals surface area contributed by atoms with Crippen molar-refractivity contribution < 1.29 is 13.9 Å². The van der Waals surface area contributed by atoms with Gasteiger partial charge in [0.25, 0.3) is 5.91 Å². The van der Waals surface area contributed by atoms with Crippen molar-refractivity contribution in [1.29, 1.82) is 0 Å². The average Bonchev–Trinajstić information content (AvgIpc) is 2.53. The zero-order valence-corrected chi connectivity index (χ0v) is 15.1. The van der Waals surface area contributed by atoms with Gasteiger partial charge in [-0.25, -0.2) is 4.79 Å². The average molecular weight is 364 g/mol. The molecule has 5 nitrogen and oxygen atoms in total. The number of likely N-dealkylation sites (tertiary alicyclic amines) is 1. The van der Waals surface area contributed by atoms with Crippen LogP contribution in [0.1, 0.15) is 37.7 Å². The molecule has 1 aliphatic rings. The predicted octanol–water partition coefficient (Wildman–Crippen LogP) is 3.93. The van der Waals surface area contributed by atoms with Crippen molar-refractivity contribution >= 4 is 28.5 Å². The lowest BCUT2D eigenvalue weighted by Crippen LogP contribution is -2.37. The fraction of sp³-hybridized carbons (Fsp3) is 0.474. The van der Waals surface area contributed by atoms with Crippen LogP contribution in [0.5, 0.6) is 5.75 Å². The number of rotatable bonds is 3. The highest BCUT2D eigenvalue weighted by Gasteiger charge is 2.16. The number of nitrogens with zero attached hydrogens (tertiary/aromatic N) is 1. The van der Waals surface area contributed by atoms with E-state index in [2.05, 4.69) is 0 Å². The van der Waals surface area contributed by atoms with Crippen LogP contribution in [-0.4, -0.2) is 30.5 Å². The number of hydrogen-bond donors (Lipinski definition) is 0. The van der Waals surface area contributed by atoms with Crippen molar-refractivity contribution in [3.63, 3.8) is 0 Å². The standard InChI is InChI=1S/C19H22ClNO4/c1-13-9-19(23)25-16-11-17(15(20)10-14(13)16)24-12-18(22)21-7-5-3-2-4-6-8-21/h9-11H,2-8,12H2,1H3.